The second kappa shape index (κ2) is 8.02. The predicted octanol–water partition coefficient (Wildman–Crippen LogP) is 1.76. The van der Waals surface area contributed by atoms with E-state index < -0.39 is 29.9 Å². The summed E-state index contributed by atoms with van der Waals surface area (Å²) in [5, 5.41) is 5.36. The van der Waals surface area contributed by atoms with Crippen LogP contribution in [0.25, 0.3) is 0 Å². The van der Waals surface area contributed by atoms with E-state index >= 15 is 0 Å². The SMILES string of the molecule is Cc1cccc(C)c1NC(=O)CN(C)C(=O)CN1C(=O)NC(C)(c2ccco2)C1=O. The van der Waals surface area contributed by atoms with Crippen LogP contribution in [-0.2, 0) is 19.9 Å². The van der Waals surface area contributed by atoms with Crippen LogP contribution in [0.2, 0.25) is 0 Å². The summed E-state index contributed by atoms with van der Waals surface area (Å²) in [7, 11) is 1.44. The molecule has 2 heterocycles. The quantitative estimate of drug-likeness (QED) is 0.702. The molecule has 0 radical (unpaired) electrons. The van der Waals surface area contributed by atoms with Gasteiger partial charge >= 0.3 is 6.03 Å². The molecule has 0 bridgehead atoms. The number of rotatable bonds is 6. The molecular weight excluding hydrogens is 388 g/mol. The number of imide groups is 1. The van der Waals surface area contributed by atoms with Crippen molar-refractivity contribution >= 4 is 29.4 Å². The van der Waals surface area contributed by atoms with E-state index in [1.807, 2.05) is 32.0 Å². The number of amides is 5. The van der Waals surface area contributed by atoms with E-state index in [0.717, 1.165) is 16.0 Å². The van der Waals surface area contributed by atoms with Crippen LogP contribution in [0.4, 0.5) is 10.5 Å². The second-order valence-corrected chi connectivity index (χ2v) is 7.49. The molecule has 9 nitrogen and oxygen atoms in total. The predicted molar refractivity (Wildman–Crippen MR) is 108 cm³/mol. The smallest absolute Gasteiger partial charge is 0.325 e. The van der Waals surface area contributed by atoms with Gasteiger partial charge in [0.2, 0.25) is 11.8 Å². The van der Waals surface area contributed by atoms with E-state index in [9.17, 15) is 19.2 Å². The van der Waals surface area contributed by atoms with E-state index in [1.54, 1.807) is 12.1 Å². The molecule has 0 aliphatic carbocycles. The second-order valence-electron chi connectivity index (χ2n) is 7.49. The van der Waals surface area contributed by atoms with Crippen LogP contribution in [0.15, 0.2) is 41.0 Å². The molecule has 1 aliphatic rings. The normalized spacial score (nSPS) is 18.3. The van der Waals surface area contributed by atoms with E-state index in [4.69, 9.17) is 4.42 Å². The standard InChI is InChI=1S/C21H24N4O5/c1-13-7-5-8-14(2)18(13)22-16(26)11-24(4)17(27)12-25-19(28)21(3,23-20(25)29)15-9-6-10-30-15/h5-10H,11-12H2,1-4H3,(H,22,26)(H,23,29). The van der Waals surface area contributed by atoms with Gasteiger partial charge in [-0.1, -0.05) is 18.2 Å². The number of anilines is 1. The van der Waals surface area contributed by atoms with Crippen molar-refractivity contribution in [2.75, 3.05) is 25.5 Å². The average Bonchev–Trinajstić information content (AvgIpc) is 3.29. The third-order valence-corrected chi connectivity index (χ3v) is 5.13. The number of hydrogen-bond donors (Lipinski definition) is 2. The minimum Gasteiger partial charge on any atom is -0.466 e. The third-order valence-electron chi connectivity index (χ3n) is 5.13. The lowest BCUT2D eigenvalue weighted by molar-refractivity contribution is -0.139. The monoisotopic (exact) mass is 412 g/mol. The molecule has 0 spiro atoms. The summed E-state index contributed by atoms with van der Waals surface area (Å²) in [5.41, 5.74) is 1.15. The number of carbonyl (C=O) groups is 4. The highest BCUT2D eigenvalue weighted by atomic mass is 16.3. The fraction of sp³-hybridized carbons (Fsp3) is 0.333. The highest BCUT2D eigenvalue weighted by molar-refractivity contribution is 6.09. The van der Waals surface area contributed by atoms with Crippen molar-refractivity contribution in [1.82, 2.24) is 15.1 Å². The molecule has 2 N–H and O–H groups in total. The van der Waals surface area contributed by atoms with Crippen molar-refractivity contribution in [2.24, 2.45) is 0 Å². The van der Waals surface area contributed by atoms with Crippen molar-refractivity contribution in [3.05, 3.63) is 53.5 Å². The van der Waals surface area contributed by atoms with Gasteiger partial charge in [0.15, 0.2) is 5.54 Å². The number of benzene rings is 1. The summed E-state index contributed by atoms with van der Waals surface area (Å²) < 4.78 is 5.26. The van der Waals surface area contributed by atoms with Crippen LogP contribution in [-0.4, -0.2) is 53.7 Å². The lowest BCUT2D eigenvalue weighted by Gasteiger charge is -2.21. The first kappa shape index (κ1) is 21.1. The van der Waals surface area contributed by atoms with Gasteiger partial charge < -0.3 is 20.0 Å². The Hall–Kier alpha value is -3.62. The average molecular weight is 412 g/mol. The van der Waals surface area contributed by atoms with Crippen molar-refractivity contribution < 1.29 is 23.6 Å². The molecule has 1 fully saturated rings. The van der Waals surface area contributed by atoms with Gasteiger partial charge in [0.05, 0.1) is 12.8 Å². The molecule has 158 valence electrons. The zero-order valence-corrected chi connectivity index (χ0v) is 17.3. The van der Waals surface area contributed by atoms with Crippen molar-refractivity contribution in [1.29, 1.82) is 0 Å². The van der Waals surface area contributed by atoms with Crippen LogP contribution in [0, 0.1) is 13.8 Å². The highest BCUT2D eigenvalue weighted by Crippen LogP contribution is 2.29. The van der Waals surface area contributed by atoms with Crippen LogP contribution in [0.1, 0.15) is 23.8 Å². The van der Waals surface area contributed by atoms with Gasteiger partial charge in [0, 0.05) is 12.7 Å². The Kier molecular flexibility index (Phi) is 5.64. The number of para-hydroxylation sites is 1. The van der Waals surface area contributed by atoms with Crippen LogP contribution < -0.4 is 10.6 Å². The largest absolute Gasteiger partial charge is 0.466 e. The Labute approximate surface area is 174 Å². The van der Waals surface area contributed by atoms with Crippen molar-refractivity contribution in [2.45, 2.75) is 26.3 Å². The summed E-state index contributed by atoms with van der Waals surface area (Å²) in [6.45, 7) is 4.58. The molecule has 1 aromatic heterocycles. The number of likely N-dealkylation sites (N-methyl/N-ethyl adjacent to an activating group) is 1. The molecule has 5 amide bonds. The Balaban J connectivity index is 1.62. The molecule has 30 heavy (non-hydrogen) atoms. The number of nitrogens with one attached hydrogen (secondary N) is 2. The maximum atomic E-state index is 12.8. The fourth-order valence-electron chi connectivity index (χ4n) is 3.32. The van der Waals surface area contributed by atoms with Gasteiger partial charge in [-0.2, -0.15) is 0 Å². The molecule has 1 aliphatic heterocycles. The molecule has 2 aromatic rings. The Bertz CT molecular complexity index is 981. The number of furan rings is 1. The minimum absolute atomic E-state index is 0.217. The van der Waals surface area contributed by atoms with E-state index in [-0.39, 0.29) is 18.2 Å². The lowest BCUT2D eigenvalue weighted by Crippen LogP contribution is -2.45. The topological polar surface area (TPSA) is 112 Å². The van der Waals surface area contributed by atoms with E-state index in [1.165, 1.54) is 25.1 Å². The molecule has 1 atom stereocenters. The number of urea groups is 1. The lowest BCUT2D eigenvalue weighted by atomic mass is 9.99. The molecule has 1 unspecified atom stereocenters. The summed E-state index contributed by atoms with van der Waals surface area (Å²) in [6.07, 6.45) is 1.40. The molecule has 1 aromatic carbocycles. The molecular formula is C21H24N4O5. The third kappa shape index (κ3) is 3.91. The van der Waals surface area contributed by atoms with Gasteiger partial charge in [-0.15, -0.1) is 0 Å². The van der Waals surface area contributed by atoms with E-state index in [2.05, 4.69) is 10.6 Å². The minimum atomic E-state index is -1.38. The highest BCUT2D eigenvalue weighted by Gasteiger charge is 2.51. The van der Waals surface area contributed by atoms with Crippen LogP contribution in [0.3, 0.4) is 0 Å². The van der Waals surface area contributed by atoms with Crippen LogP contribution in [0.5, 0.6) is 0 Å². The first-order valence-corrected chi connectivity index (χ1v) is 9.41. The zero-order valence-electron chi connectivity index (χ0n) is 17.3. The first-order valence-electron chi connectivity index (χ1n) is 9.41. The van der Waals surface area contributed by atoms with Gasteiger partial charge in [-0.25, -0.2) is 4.79 Å². The summed E-state index contributed by atoms with van der Waals surface area (Å²) in [5.74, 6) is -1.24. The van der Waals surface area contributed by atoms with Gasteiger partial charge in [-0.05, 0) is 44.0 Å². The van der Waals surface area contributed by atoms with Gasteiger partial charge in [-0.3, -0.25) is 19.3 Å². The Morgan fingerprint density at radius 2 is 1.83 bits per heavy atom. The number of aryl methyl sites for hydroxylation is 2. The first-order chi connectivity index (χ1) is 14.1. The molecule has 0 saturated carbocycles. The van der Waals surface area contributed by atoms with Crippen LogP contribution >= 0.6 is 0 Å². The van der Waals surface area contributed by atoms with Gasteiger partial charge in [0.1, 0.15) is 12.3 Å². The molecule has 3 rings (SSSR count). The number of hydrogen-bond acceptors (Lipinski definition) is 5. The van der Waals surface area contributed by atoms with E-state index in [0.29, 0.717) is 5.69 Å². The Morgan fingerprint density at radius 3 is 2.43 bits per heavy atom. The maximum absolute atomic E-state index is 12.8. The Morgan fingerprint density at radius 1 is 1.17 bits per heavy atom. The molecule has 1 saturated heterocycles. The summed E-state index contributed by atoms with van der Waals surface area (Å²) in [4.78, 5) is 52.0. The zero-order chi connectivity index (χ0) is 22.1. The summed E-state index contributed by atoms with van der Waals surface area (Å²) in [6, 6.07) is 8.14. The fourth-order valence-corrected chi connectivity index (χ4v) is 3.32. The maximum Gasteiger partial charge on any atom is 0.325 e. The van der Waals surface area contributed by atoms with Crippen molar-refractivity contribution in [3.63, 3.8) is 0 Å². The number of carbonyl (C=O) groups excluding carboxylic acids is 4. The number of nitrogens with zero attached hydrogens (tertiary/aromatic N) is 2. The summed E-state index contributed by atoms with van der Waals surface area (Å²) >= 11 is 0. The van der Waals surface area contributed by atoms with Gasteiger partial charge in [0.25, 0.3) is 5.91 Å². The van der Waals surface area contributed by atoms with Crippen molar-refractivity contribution in [3.8, 4) is 0 Å². The molecule has 9 heteroatoms.